The van der Waals surface area contributed by atoms with Gasteiger partial charge in [0, 0.05) is 22.3 Å². The smallest absolute Gasteiger partial charge is 0.238 e. The molecule has 0 bridgehead atoms. The molecule has 1 aliphatic heterocycles. The Bertz CT molecular complexity index is 2190. The van der Waals surface area contributed by atoms with Gasteiger partial charge >= 0.3 is 0 Å². The van der Waals surface area contributed by atoms with E-state index < -0.39 is 0 Å². The van der Waals surface area contributed by atoms with E-state index in [0.717, 1.165) is 67.0 Å². The van der Waals surface area contributed by atoms with Gasteiger partial charge in [-0.15, -0.1) is 0 Å². The Kier molecular flexibility index (Phi) is 10.7. The fraction of sp³-hybridized carbons (Fsp3) is 0.260. The number of rotatable bonds is 10. The first-order valence-electron chi connectivity index (χ1n) is 19.7. The highest BCUT2D eigenvalue weighted by Crippen LogP contribution is 2.48. The Balaban J connectivity index is 1.49. The predicted octanol–water partition coefficient (Wildman–Crippen LogP) is 13.1. The zero-order valence-electron chi connectivity index (χ0n) is 33.4. The van der Waals surface area contributed by atoms with E-state index in [-0.39, 0.29) is 41.9 Å². The van der Waals surface area contributed by atoms with Crippen LogP contribution in [0.1, 0.15) is 113 Å². The maximum Gasteiger partial charge on any atom is 0.238 e. The zero-order chi connectivity index (χ0) is 39.0. The van der Waals surface area contributed by atoms with Gasteiger partial charge in [0.05, 0.1) is 17.1 Å². The summed E-state index contributed by atoms with van der Waals surface area (Å²) in [6, 6.07) is 46.4. The van der Waals surface area contributed by atoms with Gasteiger partial charge in [-0.2, -0.15) is 0 Å². The summed E-state index contributed by atoms with van der Waals surface area (Å²) < 4.78 is 0. The minimum Gasteiger partial charge on any atom is -0.310 e. The van der Waals surface area contributed by atoms with E-state index in [2.05, 4.69) is 188 Å². The number of para-hydroxylation sites is 3. The molecule has 1 fully saturated rings. The third-order valence-corrected chi connectivity index (χ3v) is 10.8. The van der Waals surface area contributed by atoms with Gasteiger partial charge in [-0.05, 0) is 81.6 Å². The summed E-state index contributed by atoms with van der Waals surface area (Å²) in [4.78, 5) is 35.4. The summed E-state index contributed by atoms with van der Waals surface area (Å²) >= 11 is 0. The normalized spacial score (nSPS) is 14.0. The van der Waals surface area contributed by atoms with E-state index in [9.17, 15) is 9.59 Å². The quantitative estimate of drug-likeness (QED) is 0.132. The standard InChI is InChI=1S/C50H52N3O2/c1-32(2)40-22-15-23-41(33(3)4)48(40)52-46(54)31-47(55)53(49-42(34(5)6)24-16-25-43(49)35(7)8)50(52)37-27-29-39(30-28-37)51(38-19-10-9-11-20-38)45-26-14-18-36-17-12-13-21-44(36)45/h9-30,32-35H,31H2,1-8H3. The molecule has 279 valence electrons. The Morgan fingerprint density at radius 2 is 0.873 bits per heavy atom. The molecule has 1 radical (unpaired) electrons. The number of fused-ring (bicyclic) bond motifs is 1. The first-order valence-corrected chi connectivity index (χ1v) is 19.7. The number of anilines is 5. The molecular formula is C50H52N3O2. The van der Waals surface area contributed by atoms with Crippen LogP contribution in [0.5, 0.6) is 0 Å². The van der Waals surface area contributed by atoms with Crippen LogP contribution in [-0.4, -0.2) is 11.8 Å². The van der Waals surface area contributed by atoms with Crippen molar-refractivity contribution in [2.75, 3.05) is 14.7 Å². The molecule has 1 saturated heterocycles. The minimum absolute atomic E-state index is 0.144. The van der Waals surface area contributed by atoms with Crippen LogP contribution in [0.4, 0.5) is 28.4 Å². The molecule has 55 heavy (non-hydrogen) atoms. The van der Waals surface area contributed by atoms with E-state index in [0.29, 0.717) is 6.17 Å². The number of hydrogen-bond donors (Lipinski definition) is 0. The van der Waals surface area contributed by atoms with Crippen molar-refractivity contribution in [2.45, 2.75) is 85.5 Å². The van der Waals surface area contributed by atoms with Crippen LogP contribution in [0.25, 0.3) is 10.8 Å². The van der Waals surface area contributed by atoms with Crippen LogP contribution in [0, 0.1) is 6.17 Å². The molecule has 5 nitrogen and oxygen atoms in total. The fourth-order valence-electron chi connectivity index (χ4n) is 8.05. The van der Waals surface area contributed by atoms with Crippen LogP contribution in [0.2, 0.25) is 0 Å². The molecule has 1 aliphatic rings. The lowest BCUT2D eigenvalue weighted by Gasteiger charge is -2.45. The Morgan fingerprint density at radius 3 is 1.36 bits per heavy atom. The number of carbonyl (C=O) groups excluding carboxylic acids is 2. The molecule has 0 saturated carbocycles. The topological polar surface area (TPSA) is 43.9 Å². The molecular weight excluding hydrogens is 675 g/mol. The molecule has 0 N–H and O–H groups in total. The third kappa shape index (κ3) is 7.04. The van der Waals surface area contributed by atoms with Crippen LogP contribution >= 0.6 is 0 Å². The van der Waals surface area contributed by atoms with E-state index in [1.54, 1.807) is 0 Å². The summed E-state index contributed by atoms with van der Waals surface area (Å²) in [7, 11) is 0. The van der Waals surface area contributed by atoms with Crippen molar-refractivity contribution in [1.29, 1.82) is 0 Å². The highest BCUT2D eigenvalue weighted by atomic mass is 16.2. The van der Waals surface area contributed by atoms with Gasteiger partial charge in [-0.3, -0.25) is 19.4 Å². The summed E-state index contributed by atoms with van der Waals surface area (Å²) in [5.74, 6) is 0.141. The summed E-state index contributed by atoms with van der Waals surface area (Å²) in [6.07, 6.45) is 0.354. The van der Waals surface area contributed by atoms with Crippen molar-refractivity contribution in [3.05, 3.63) is 167 Å². The van der Waals surface area contributed by atoms with Crippen molar-refractivity contribution in [2.24, 2.45) is 0 Å². The van der Waals surface area contributed by atoms with E-state index in [1.807, 2.05) is 15.9 Å². The van der Waals surface area contributed by atoms with Crippen molar-refractivity contribution in [1.82, 2.24) is 0 Å². The molecule has 0 unspecified atom stereocenters. The lowest BCUT2D eigenvalue weighted by atomic mass is 9.88. The maximum absolute atomic E-state index is 14.7. The lowest BCUT2D eigenvalue weighted by molar-refractivity contribution is -0.128. The zero-order valence-corrected chi connectivity index (χ0v) is 33.4. The van der Waals surface area contributed by atoms with Crippen LogP contribution < -0.4 is 14.7 Å². The number of carbonyl (C=O) groups is 2. The molecule has 6 aromatic rings. The number of nitrogens with zero attached hydrogens (tertiary/aromatic N) is 3. The third-order valence-electron chi connectivity index (χ3n) is 10.8. The van der Waals surface area contributed by atoms with Gasteiger partial charge in [0.15, 0.2) is 0 Å². The van der Waals surface area contributed by atoms with Gasteiger partial charge in [0.1, 0.15) is 6.42 Å². The van der Waals surface area contributed by atoms with Crippen molar-refractivity contribution in [3.63, 3.8) is 0 Å². The maximum atomic E-state index is 14.7. The molecule has 0 atom stereocenters. The Morgan fingerprint density at radius 1 is 0.455 bits per heavy atom. The van der Waals surface area contributed by atoms with Crippen molar-refractivity contribution >= 4 is 51.0 Å². The number of benzene rings is 6. The molecule has 0 spiro atoms. The Labute approximate surface area is 327 Å². The highest BCUT2D eigenvalue weighted by molar-refractivity contribution is 6.18. The summed E-state index contributed by atoms with van der Waals surface area (Å²) in [6.45, 7) is 17.4. The van der Waals surface area contributed by atoms with E-state index >= 15 is 0 Å². The average molecular weight is 727 g/mol. The molecule has 0 aliphatic carbocycles. The van der Waals surface area contributed by atoms with Crippen LogP contribution in [0.15, 0.2) is 133 Å². The monoisotopic (exact) mass is 726 g/mol. The Hall–Kier alpha value is -5.68. The minimum atomic E-state index is -0.224. The molecule has 0 aromatic heterocycles. The molecule has 6 aromatic carbocycles. The van der Waals surface area contributed by atoms with Gasteiger partial charge in [0.2, 0.25) is 18.0 Å². The van der Waals surface area contributed by atoms with Crippen molar-refractivity contribution in [3.8, 4) is 0 Å². The van der Waals surface area contributed by atoms with E-state index in [4.69, 9.17) is 0 Å². The predicted molar refractivity (Wildman–Crippen MR) is 230 cm³/mol. The van der Waals surface area contributed by atoms with Crippen molar-refractivity contribution < 1.29 is 9.59 Å². The average Bonchev–Trinajstić information content (AvgIpc) is 3.18. The summed E-state index contributed by atoms with van der Waals surface area (Å²) in [5.41, 5.74) is 9.93. The van der Waals surface area contributed by atoms with Crippen LogP contribution in [-0.2, 0) is 9.59 Å². The SMILES string of the molecule is CC(C)c1cccc(C(C)C)c1N1[C](c2ccc(N(c3ccccc3)c3cccc4ccccc34)cc2)N(c2c(C(C)C)cccc2C(C)C)C(=O)CC1=O. The summed E-state index contributed by atoms with van der Waals surface area (Å²) in [5, 5.41) is 2.30. The number of hydrogen-bond acceptors (Lipinski definition) is 3. The second-order valence-electron chi connectivity index (χ2n) is 15.9. The number of amides is 2. The second-order valence-corrected chi connectivity index (χ2v) is 15.9. The molecule has 1 heterocycles. The molecule has 7 rings (SSSR count). The van der Waals surface area contributed by atoms with Gasteiger partial charge in [0.25, 0.3) is 0 Å². The first-order chi connectivity index (χ1) is 26.5. The second kappa shape index (κ2) is 15.6. The van der Waals surface area contributed by atoms with Gasteiger partial charge in [-0.1, -0.05) is 159 Å². The highest BCUT2D eigenvalue weighted by Gasteiger charge is 2.46. The van der Waals surface area contributed by atoms with Gasteiger partial charge < -0.3 is 4.90 Å². The molecule has 2 amide bonds. The largest absolute Gasteiger partial charge is 0.310 e. The lowest BCUT2D eigenvalue weighted by Crippen LogP contribution is -2.55. The molecule has 5 heteroatoms. The first kappa shape index (κ1) is 37.6. The van der Waals surface area contributed by atoms with E-state index in [1.165, 1.54) is 0 Å². The van der Waals surface area contributed by atoms with Gasteiger partial charge in [-0.25, -0.2) is 0 Å². The van der Waals surface area contributed by atoms with Crippen LogP contribution in [0.3, 0.4) is 0 Å². The fourth-order valence-corrected chi connectivity index (χ4v) is 8.05.